The van der Waals surface area contributed by atoms with Crippen LogP contribution in [0.2, 0.25) is 0 Å². The van der Waals surface area contributed by atoms with Gasteiger partial charge in [0, 0.05) is 18.3 Å². The van der Waals surface area contributed by atoms with Crippen molar-refractivity contribution in [3.05, 3.63) is 41.5 Å². The molecule has 2 aromatic carbocycles. The Morgan fingerprint density at radius 3 is 2.12 bits per heavy atom. The van der Waals surface area contributed by atoms with Crippen LogP contribution < -0.4 is 24.3 Å². The number of aliphatic hydroxyl groups is 1. The molecule has 9 heteroatoms. The number of amides is 1. The molecule has 0 bridgehead atoms. The number of hydrogen-bond acceptors (Lipinski definition) is 8. The molecule has 1 amide bonds. The fourth-order valence-electron chi connectivity index (χ4n) is 4.71. The third kappa shape index (κ3) is 4.28. The molecule has 0 aliphatic heterocycles. The maximum atomic E-state index is 11.7. The lowest BCUT2D eigenvalue weighted by molar-refractivity contribution is -0.114. The lowest BCUT2D eigenvalue weighted by atomic mass is 9.70. The highest BCUT2D eigenvalue weighted by Gasteiger charge is 2.51. The van der Waals surface area contributed by atoms with Crippen LogP contribution in [0.15, 0.2) is 35.5 Å². The summed E-state index contributed by atoms with van der Waals surface area (Å²) in [6.07, 6.45) is -0.685. The van der Waals surface area contributed by atoms with Crippen molar-refractivity contribution in [1.29, 1.82) is 0 Å². The van der Waals surface area contributed by atoms with Gasteiger partial charge in [-0.15, -0.1) is 0 Å². The Kier molecular flexibility index (Phi) is 7.02. The number of benzene rings is 2. The van der Waals surface area contributed by atoms with Gasteiger partial charge >= 0.3 is 0 Å². The quantitative estimate of drug-likeness (QED) is 0.430. The van der Waals surface area contributed by atoms with E-state index in [0.717, 1.165) is 5.56 Å². The Hall–Kier alpha value is -3.46. The second-order valence-corrected chi connectivity index (χ2v) is 8.15. The van der Waals surface area contributed by atoms with Gasteiger partial charge in [0.25, 0.3) is 0 Å². The molecule has 0 radical (unpaired) electrons. The Morgan fingerprint density at radius 1 is 1.03 bits per heavy atom. The van der Waals surface area contributed by atoms with E-state index in [-0.39, 0.29) is 11.6 Å². The zero-order valence-electron chi connectivity index (χ0n) is 19.6. The maximum Gasteiger partial charge on any atom is 0.221 e. The normalized spacial score (nSPS) is 23.3. The van der Waals surface area contributed by atoms with Gasteiger partial charge in [-0.3, -0.25) is 4.79 Å². The van der Waals surface area contributed by atoms with E-state index in [0.29, 0.717) is 40.7 Å². The number of carbonyl (C=O) groups excluding carboxylic acids is 1. The third-order valence-electron chi connectivity index (χ3n) is 6.20. The summed E-state index contributed by atoms with van der Waals surface area (Å²) in [5.41, 5.74) is 1.57. The minimum Gasteiger partial charge on any atom is -0.495 e. The van der Waals surface area contributed by atoms with Crippen molar-refractivity contribution in [3.63, 3.8) is 0 Å². The van der Waals surface area contributed by atoms with E-state index in [9.17, 15) is 15.1 Å². The van der Waals surface area contributed by atoms with E-state index in [1.807, 2.05) is 19.1 Å². The number of methoxy groups -OCH3 is 4. The molecule has 1 saturated carbocycles. The minimum absolute atomic E-state index is 0.226. The first-order chi connectivity index (χ1) is 15.7. The van der Waals surface area contributed by atoms with Gasteiger partial charge < -0.3 is 34.6 Å². The first-order valence-electron chi connectivity index (χ1n) is 10.4. The minimum atomic E-state index is -0.976. The summed E-state index contributed by atoms with van der Waals surface area (Å²) in [7, 11) is 6.09. The summed E-state index contributed by atoms with van der Waals surface area (Å²) in [5.74, 6) is 1.08. The Labute approximate surface area is 192 Å². The first-order valence-corrected chi connectivity index (χ1v) is 10.4. The van der Waals surface area contributed by atoms with Crippen LogP contribution in [0.3, 0.4) is 0 Å². The van der Waals surface area contributed by atoms with Crippen molar-refractivity contribution in [1.82, 2.24) is 0 Å². The number of anilines is 1. The largest absolute Gasteiger partial charge is 0.495 e. The summed E-state index contributed by atoms with van der Waals surface area (Å²) in [5, 5.41) is 26.9. The SMILES string of the molecule is COc1ccc(C2(C)CC(O)/C(=N/O)C2c2cc(OC)c(OC)c(OC)c2)cc1NC(C)=O. The van der Waals surface area contributed by atoms with Gasteiger partial charge in [-0.25, -0.2) is 0 Å². The number of nitrogens with one attached hydrogen (secondary N) is 1. The van der Waals surface area contributed by atoms with Crippen molar-refractivity contribution in [2.24, 2.45) is 5.16 Å². The van der Waals surface area contributed by atoms with Gasteiger partial charge in [0.2, 0.25) is 11.7 Å². The average molecular weight is 459 g/mol. The Balaban J connectivity index is 2.23. The van der Waals surface area contributed by atoms with Crippen LogP contribution in [-0.2, 0) is 10.2 Å². The van der Waals surface area contributed by atoms with E-state index in [4.69, 9.17) is 18.9 Å². The van der Waals surface area contributed by atoms with Crippen molar-refractivity contribution in [2.75, 3.05) is 33.8 Å². The molecular weight excluding hydrogens is 428 g/mol. The van der Waals surface area contributed by atoms with Crippen LogP contribution in [0, 0.1) is 0 Å². The van der Waals surface area contributed by atoms with Gasteiger partial charge in [0.1, 0.15) is 5.75 Å². The van der Waals surface area contributed by atoms with Gasteiger partial charge in [0.15, 0.2) is 11.5 Å². The van der Waals surface area contributed by atoms with Crippen LogP contribution in [-0.4, -0.2) is 56.5 Å². The van der Waals surface area contributed by atoms with Crippen LogP contribution in [0.5, 0.6) is 23.0 Å². The van der Waals surface area contributed by atoms with Crippen LogP contribution in [0.4, 0.5) is 5.69 Å². The number of oxime groups is 1. The summed E-state index contributed by atoms with van der Waals surface area (Å²) in [6, 6.07) is 9.02. The predicted molar refractivity (Wildman–Crippen MR) is 123 cm³/mol. The molecule has 3 unspecified atom stereocenters. The number of nitrogens with zero attached hydrogens (tertiary/aromatic N) is 1. The maximum absolute atomic E-state index is 11.7. The number of carbonyl (C=O) groups is 1. The number of hydrogen-bond donors (Lipinski definition) is 3. The average Bonchev–Trinajstić information content (AvgIpc) is 3.07. The molecule has 3 rings (SSSR count). The summed E-state index contributed by atoms with van der Waals surface area (Å²) < 4.78 is 21.8. The number of ether oxygens (including phenoxy) is 4. The summed E-state index contributed by atoms with van der Waals surface area (Å²) in [6.45, 7) is 3.39. The molecule has 3 N–H and O–H groups in total. The van der Waals surface area contributed by atoms with E-state index in [1.54, 1.807) is 18.2 Å². The standard InChI is InChI=1S/C24H30N2O7/c1-13(27)25-16-11-15(7-8-18(16)30-3)24(2)12-17(28)22(26-29)21(24)14-9-19(31-4)23(33-6)20(10-14)32-5/h7-11,17,21,28-29H,12H2,1-6H3,(H,25,27)/b26-22-. The van der Waals surface area contributed by atoms with Crippen molar-refractivity contribution in [2.45, 2.75) is 37.7 Å². The zero-order valence-corrected chi connectivity index (χ0v) is 19.6. The molecule has 1 aliphatic carbocycles. The number of aliphatic hydroxyl groups excluding tert-OH is 1. The molecule has 0 saturated heterocycles. The van der Waals surface area contributed by atoms with Crippen molar-refractivity contribution >= 4 is 17.3 Å². The van der Waals surface area contributed by atoms with Crippen LogP contribution in [0.25, 0.3) is 0 Å². The number of rotatable bonds is 7. The fraction of sp³-hybridized carbons (Fsp3) is 0.417. The predicted octanol–water partition coefficient (Wildman–Crippen LogP) is 3.32. The highest BCUT2D eigenvalue weighted by molar-refractivity contribution is 5.99. The van der Waals surface area contributed by atoms with Gasteiger partial charge in [0.05, 0.1) is 45.9 Å². The molecule has 33 heavy (non-hydrogen) atoms. The zero-order chi connectivity index (χ0) is 24.3. The third-order valence-corrected chi connectivity index (χ3v) is 6.20. The molecular formula is C24H30N2O7. The molecule has 0 aromatic heterocycles. The lowest BCUT2D eigenvalue weighted by Crippen LogP contribution is -2.29. The monoisotopic (exact) mass is 458 g/mol. The summed E-state index contributed by atoms with van der Waals surface area (Å²) in [4.78, 5) is 11.7. The lowest BCUT2D eigenvalue weighted by Gasteiger charge is -2.33. The van der Waals surface area contributed by atoms with Gasteiger partial charge in [-0.05, 0) is 41.8 Å². The topological polar surface area (TPSA) is 119 Å². The Bertz CT molecular complexity index is 1040. The molecule has 3 atom stereocenters. The highest BCUT2D eigenvalue weighted by Crippen LogP contribution is 2.53. The second kappa shape index (κ2) is 9.58. The van der Waals surface area contributed by atoms with Gasteiger partial charge in [-0.2, -0.15) is 0 Å². The van der Waals surface area contributed by atoms with E-state index >= 15 is 0 Å². The first kappa shape index (κ1) is 24.2. The van der Waals surface area contributed by atoms with Crippen molar-refractivity contribution in [3.8, 4) is 23.0 Å². The van der Waals surface area contributed by atoms with Crippen molar-refractivity contribution < 1.29 is 34.1 Å². The summed E-state index contributed by atoms with van der Waals surface area (Å²) >= 11 is 0. The fourth-order valence-corrected chi connectivity index (χ4v) is 4.71. The second-order valence-electron chi connectivity index (χ2n) is 8.15. The van der Waals surface area contributed by atoms with E-state index in [2.05, 4.69) is 10.5 Å². The van der Waals surface area contributed by atoms with Crippen LogP contribution >= 0.6 is 0 Å². The Morgan fingerprint density at radius 2 is 1.64 bits per heavy atom. The molecule has 0 spiro atoms. The molecule has 0 heterocycles. The molecule has 2 aromatic rings. The molecule has 178 valence electrons. The van der Waals surface area contributed by atoms with Crippen LogP contribution in [0.1, 0.15) is 37.3 Å². The van der Waals surface area contributed by atoms with E-state index < -0.39 is 17.4 Å². The van der Waals surface area contributed by atoms with E-state index in [1.165, 1.54) is 35.4 Å². The van der Waals surface area contributed by atoms with Gasteiger partial charge in [-0.1, -0.05) is 18.1 Å². The molecule has 1 aliphatic rings. The molecule has 1 fully saturated rings. The molecule has 9 nitrogen and oxygen atoms in total. The highest BCUT2D eigenvalue weighted by atomic mass is 16.5. The smallest absolute Gasteiger partial charge is 0.221 e.